The molecule has 0 amide bonds. The topological polar surface area (TPSA) is 96.8 Å². The van der Waals surface area contributed by atoms with Crippen molar-refractivity contribution < 1.29 is 0 Å². The molecule has 4 heterocycles. The van der Waals surface area contributed by atoms with Crippen LogP contribution in [0.1, 0.15) is 0 Å². The molecule has 0 saturated carbocycles. The maximum atomic E-state index is 5.04. The molecule has 7 nitrogen and oxygen atoms in total. The first kappa shape index (κ1) is 19.9. The smallest absolute Gasteiger partial charge is 0.142 e. The summed E-state index contributed by atoms with van der Waals surface area (Å²) in [5, 5.41) is 6.01. The number of benzene rings is 4. The third kappa shape index (κ3) is 3.14. The summed E-state index contributed by atoms with van der Waals surface area (Å²) < 4.78 is 0. The van der Waals surface area contributed by atoms with Crippen molar-refractivity contribution in [1.29, 1.82) is 0 Å². The third-order valence-corrected chi connectivity index (χ3v) is 6.78. The summed E-state index contributed by atoms with van der Waals surface area (Å²) in [5.74, 6) is 1.48. The fourth-order valence-electron chi connectivity index (χ4n) is 5.07. The van der Waals surface area contributed by atoms with Crippen LogP contribution in [-0.4, -0.2) is 15.0 Å². The predicted molar refractivity (Wildman–Crippen MR) is 145 cm³/mol. The molecule has 1 aliphatic rings. The lowest BCUT2D eigenvalue weighted by Gasteiger charge is -1.96. The number of fused-ring (bicyclic) bond motifs is 17. The largest absolute Gasteiger partial charge is 0.324 e. The van der Waals surface area contributed by atoms with Crippen LogP contribution in [0.15, 0.2) is 117 Å². The molecule has 7 aromatic rings. The van der Waals surface area contributed by atoms with Crippen molar-refractivity contribution in [2.24, 2.45) is 20.0 Å². The molecular weight excluding hydrogens is 458 g/mol. The number of aromatic nitrogens is 3. The highest BCUT2D eigenvalue weighted by Gasteiger charge is 2.12. The van der Waals surface area contributed by atoms with Crippen molar-refractivity contribution in [2.75, 3.05) is 0 Å². The average Bonchev–Trinajstić information content (AvgIpc) is 3.57. The van der Waals surface area contributed by atoms with E-state index in [0.717, 1.165) is 77.3 Å². The summed E-state index contributed by atoms with van der Waals surface area (Å²) in [7, 11) is 0. The van der Waals surface area contributed by atoms with Crippen LogP contribution in [0.3, 0.4) is 0 Å². The Balaban J connectivity index is 1.57. The van der Waals surface area contributed by atoms with Crippen LogP contribution in [0.2, 0.25) is 0 Å². The number of aromatic amines is 3. The van der Waals surface area contributed by atoms with Gasteiger partial charge in [-0.1, -0.05) is 78.9 Å². The normalized spacial score (nSPS) is 14.5. The molecule has 8 rings (SSSR count). The van der Waals surface area contributed by atoms with Gasteiger partial charge in [0, 0.05) is 32.3 Å². The van der Waals surface area contributed by atoms with Crippen LogP contribution in [0, 0.1) is 0 Å². The summed E-state index contributed by atoms with van der Waals surface area (Å²) in [6.45, 7) is 0. The van der Waals surface area contributed by atoms with Gasteiger partial charge < -0.3 is 15.0 Å². The Hall–Kier alpha value is -5.30. The highest BCUT2D eigenvalue weighted by molar-refractivity contribution is 5.99. The molecule has 0 saturated heterocycles. The number of nitrogens with one attached hydrogen (secondary N) is 3. The molecule has 174 valence electrons. The molecule has 4 aromatic carbocycles. The fourth-order valence-corrected chi connectivity index (χ4v) is 5.07. The summed E-state index contributed by atoms with van der Waals surface area (Å²) in [6.07, 6.45) is 0. The van der Waals surface area contributed by atoms with Crippen LogP contribution in [0.5, 0.6) is 0 Å². The second kappa shape index (κ2) is 7.60. The summed E-state index contributed by atoms with van der Waals surface area (Å²) >= 11 is 0. The first-order valence-electron chi connectivity index (χ1n) is 12.1. The minimum absolute atomic E-state index is 0.739. The number of hydrogen-bond donors (Lipinski definition) is 3. The van der Waals surface area contributed by atoms with Gasteiger partial charge in [-0.2, -0.15) is 0 Å². The van der Waals surface area contributed by atoms with E-state index in [4.69, 9.17) is 20.0 Å². The quantitative estimate of drug-likeness (QED) is 0.266. The molecule has 3 N–H and O–H groups in total. The molecule has 37 heavy (non-hydrogen) atoms. The van der Waals surface area contributed by atoms with Crippen LogP contribution >= 0.6 is 0 Å². The average molecular weight is 478 g/mol. The Bertz CT molecular complexity index is 2110. The minimum Gasteiger partial charge on any atom is -0.324 e. The van der Waals surface area contributed by atoms with E-state index in [2.05, 4.69) is 51.4 Å². The second-order valence-corrected chi connectivity index (χ2v) is 9.07. The summed E-state index contributed by atoms with van der Waals surface area (Å²) in [5.41, 5.74) is 4.61. The summed E-state index contributed by atoms with van der Waals surface area (Å²) in [6, 6.07) is 32.4. The number of rotatable bonds is 0. The molecule has 0 radical (unpaired) electrons. The maximum Gasteiger partial charge on any atom is 0.142 e. The van der Waals surface area contributed by atoms with Gasteiger partial charge in [0.1, 0.15) is 33.6 Å². The fraction of sp³-hybridized carbons (Fsp3) is 0. The van der Waals surface area contributed by atoms with Crippen molar-refractivity contribution in [3.8, 4) is 0 Å². The molecule has 1 aliphatic heterocycles. The number of hydrogen-bond acceptors (Lipinski definition) is 4. The van der Waals surface area contributed by atoms with Crippen molar-refractivity contribution in [3.05, 3.63) is 119 Å². The van der Waals surface area contributed by atoms with E-state index in [1.54, 1.807) is 0 Å². The lowest BCUT2D eigenvalue weighted by molar-refractivity contribution is 1.10. The first-order chi connectivity index (χ1) is 18.3. The van der Waals surface area contributed by atoms with Gasteiger partial charge in [0.25, 0.3) is 0 Å². The van der Waals surface area contributed by atoms with Crippen LogP contribution in [0.4, 0.5) is 23.0 Å². The number of H-pyrrole nitrogens is 3. The van der Waals surface area contributed by atoms with E-state index in [1.807, 2.05) is 60.7 Å². The Morgan fingerprint density at radius 2 is 0.730 bits per heavy atom. The Morgan fingerprint density at radius 3 is 1.16 bits per heavy atom. The van der Waals surface area contributed by atoms with Crippen LogP contribution in [0.25, 0.3) is 32.3 Å². The van der Waals surface area contributed by atoms with E-state index in [9.17, 15) is 0 Å². The van der Waals surface area contributed by atoms with Gasteiger partial charge in [0.2, 0.25) is 0 Å². The van der Waals surface area contributed by atoms with Crippen molar-refractivity contribution in [2.45, 2.75) is 0 Å². The monoisotopic (exact) mass is 477 g/mol. The standard InChI is InChI=1S/C30H19N7/c1-3-12-21-19(10-1)25-31-17-8-7-9-18(16-17)32-26-20-11-2-4-13-22(20)28(34-26)36-30-24-15-6-5-14-23(24)29(37-30)35-27(21)33-25/h1-16,37H,(H,31,33,35)(H,32,34,36). The zero-order chi connectivity index (χ0) is 24.3. The first-order valence-corrected chi connectivity index (χ1v) is 12.1. The van der Waals surface area contributed by atoms with Gasteiger partial charge in [0.05, 0.1) is 11.4 Å². The lowest BCUT2D eigenvalue weighted by atomic mass is 10.2. The molecule has 3 aromatic heterocycles. The Labute approximate surface area is 209 Å². The van der Waals surface area contributed by atoms with E-state index >= 15 is 0 Å². The Kier molecular flexibility index (Phi) is 4.10. The van der Waals surface area contributed by atoms with Crippen molar-refractivity contribution >= 4 is 55.3 Å². The third-order valence-electron chi connectivity index (χ3n) is 6.78. The molecule has 0 atom stereocenters. The van der Waals surface area contributed by atoms with Gasteiger partial charge in [-0.3, -0.25) is 0 Å². The van der Waals surface area contributed by atoms with E-state index in [-0.39, 0.29) is 0 Å². The van der Waals surface area contributed by atoms with Crippen molar-refractivity contribution in [3.63, 3.8) is 0 Å². The lowest BCUT2D eigenvalue weighted by Crippen LogP contribution is -2.10. The molecule has 0 aliphatic carbocycles. The van der Waals surface area contributed by atoms with Crippen LogP contribution in [-0.2, 0) is 0 Å². The summed E-state index contributed by atoms with van der Waals surface area (Å²) in [4.78, 5) is 30.4. The van der Waals surface area contributed by atoms with Crippen LogP contribution < -0.4 is 22.0 Å². The number of nitrogens with zero attached hydrogens (tertiary/aromatic N) is 4. The molecule has 8 bridgehead atoms. The van der Waals surface area contributed by atoms with Crippen molar-refractivity contribution in [1.82, 2.24) is 15.0 Å². The molecule has 0 spiro atoms. The molecule has 0 unspecified atom stereocenters. The van der Waals surface area contributed by atoms with Gasteiger partial charge in [-0.05, 0) is 18.2 Å². The minimum atomic E-state index is 0.739. The highest BCUT2D eigenvalue weighted by atomic mass is 15.0. The highest BCUT2D eigenvalue weighted by Crippen LogP contribution is 2.33. The molecular formula is C30H19N7. The zero-order valence-corrected chi connectivity index (χ0v) is 19.5. The van der Waals surface area contributed by atoms with E-state index in [1.165, 1.54) is 0 Å². The van der Waals surface area contributed by atoms with E-state index < -0.39 is 0 Å². The van der Waals surface area contributed by atoms with E-state index in [0.29, 0.717) is 0 Å². The Morgan fingerprint density at radius 1 is 0.351 bits per heavy atom. The van der Waals surface area contributed by atoms with Gasteiger partial charge in [0.15, 0.2) is 0 Å². The maximum absolute atomic E-state index is 5.04. The van der Waals surface area contributed by atoms with Gasteiger partial charge in [-0.15, -0.1) is 0 Å². The van der Waals surface area contributed by atoms with Gasteiger partial charge >= 0.3 is 0 Å². The molecule has 0 fully saturated rings. The zero-order valence-electron chi connectivity index (χ0n) is 19.5. The molecule has 7 heteroatoms. The second-order valence-electron chi connectivity index (χ2n) is 9.07. The SMILES string of the molecule is c1cc2cc(c1)N=c1[nH]/c(c3ccccc13)=N/c1[nH]c(c3ccccc13)/N=c1\[nH]c(c3ccccc13)=N2. The van der Waals surface area contributed by atoms with Gasteiger partial charge in [-0.25, -0.2) is 20.0 Å². The predicted octanol–water partition coefficient (Wildman–Crippen LogP) is 5.25.